The number of carbonyl (C=O) groups excluding carboxylic acids is 1. The number of rotatable bonds is 3. The molecule has 1 fully saturated rings. The molecule has 1 aromatic carbocycles. The monoisotopic (exact) mass is 320 g/mol. The number of nitrogens with one attached hydrogen (secondary N) is 1. The molecule has 0 bridgehead atoms. The maximum Gasteiger partial charge on any atom is 0.406 e. The van der Waals surface area contributed by atoms with Crippen molar-refractivity contribution in [1.82, 2.24) is 9.74 Å². The second kappa shape index (κ2) is 6.23. The average Bonchev–Trinajstić information content (AvgIpc) is 2.44. The van der Waals surface area contributed by atoms with Gasteiger partial charge in [0.1, 0.15) is 12.6 Å². The minimum absolute atomic E-state index is 0.192. The molecule has 1 aliphatic heterocycles. The number of hydrogen-bond donors (Lipinski definition) is 1. The normalized spacial score (nSPS) is 27.0. The summed E-state index contributed by atoms with van der Waals surface area (Å²) in [5.74, 6) is -0.801. The summed E-state index contributed by atoms with van der Waals surface area (Å²) in [4.78, 5) is 15.3. The van der Waals surface area contributed by atoms with E-state index < -0.39 is 30.7 Å². The molecule has 1 aromatic rings. The Morgan fingerprint density at radius 1 is 1.33 bits per heavy atom. The molecule has 1 amide bonds. The summed E-state index contributed by atoms with van der Waals surface area (Å²) in [5.41, 5.74) is 0.904. The third kappa shape index (κ3) is 3.68. The number of carbonyl (C=O) groups is 1. The highest BCUT2D eigenvalue weighted by molar-refractivity contribution is 6.15. The highest BCUT2D eigenvalue weighted by Crippen LogP contribution is 2.35. The van der Waals surface area contributed by atoms with E-state index in [0.717, 1.165) is 10.5 Å². The first kappa shape index (κ1) is 16.1. The quantitative estimate of drug-likeness (QED) is 0.868. The van der Waals surface area contributed by atoms with Crippen LogP contribution in [0.1, 0.15) is 24.8 Å². The van der Waals surface area contributed by atoms with Crippen LogP contribution in [0.5, 0.6) is 0 Å². The predicted octanol–water partition coefficient (Wildman–Crippen LogP) is 3.07. The maximum atomic E-state index is 12.7. The topological polar surface area (TPSA) is 32.3 Å². The van der Waals surface area contributed by atoms with Crippen LogP contribution in [-0.4, -0.2) is 35.6 Å². The van der Waals surface area contributed by atoms with E-state index in [4.69, 9.17) is 11.8 Å². The number of benzene rings is 1. The number of hydrogen-bond acceptors (Lipinski definition) is 2. The van der Waals surface area contributed by atoms with Crippen LogP contribution in [0.3, 0.4) is 0 Å². The van der Waals surface area contributed by atoms with Crippen LogP contribution in [0.4, 0.5) is 13.2 Å². The third-order valence-electron chi connectivity index (χ3n) is 3.85. The van der Waals surface area contributed by atoms with Gasteiger partial charge >= 0.3 is 6.18 Å². The number of nitrogens with zero attached hydrogens (tertiary/aromatic N) is 1. The van der Waals surface area contributed by atoms with Gasteiger partial charge in [0.25, 0.3) is 0 Å². The lowest BCUT2D eigenvalue weighted by Gasteiger charge is -2.42. The Morgan fingerprint density at radius 2 is 1.95 bits per heavy atom. The second-order valence-corrected chi connectivity index (χ2v) is 5.45. The van der Waals surface area contributed by atoms with E-state index in [-0.39, 0.29) is 5.92 Å². The summed E-state index contributed by atoms with van der Waals surface area (Å²) >= 11 is 5.53. The largest absolute Gasteiger partial charge is 0.406 e. The number of alkyl halides is 3. The molecular formula is C14H16ClF3N2O. The van der Waals surface area contributed by atoms with Crippen LogP contribution in [-0.2, 0) is 4.79 Å². The van der Waals surface area contributed by atoms with E-state index in [9.17, 15) is 18.0 Å². The summed E-state index contributed by atoms with van der Waals surface area (Å²) in [7, 11) is 0. The fourth-order valence-electron chi connectivity index (χ4n) is 2.79. The van der Waals surface area contributed by atoms with E-state index in [1.165, 1.54) is 0 Å². The van der Waals surface area contributed by atoms with Crippen LogP contribution >= 0.6 is 11.8 Å². The fraction of sp³-hybridized carbons (Fsp3) is 0.500. The number of amides is 1. The summed E-state index contributed by atoms with van der Waals surface area (Å²) in [6.07, 6.45) is -4.05. The van der Waals surface area contributed by atoms with E-state index in [1.54, 1.807) is 6.92 Å². The molecule has 0 aliphatic carbocycles. The number of halogens is 4. The summed E-state index contributed by atoms with van der Waals surface area (Å²) in [6.45, 7) is 0.386. The molecule has 2 rings (SSSR count). The number of piperidine rings is 1. The third-order valence-corrected chi connectivity index (χ3v) is 4.12. The molecule has 0 saturated carbocycles. The summed E-state index contributed by atoms with van der Waals surface area (Å²) < 4.78 is 38.1. The van der Waals surface area contributed by atoms with Crippen molar-refractivity contribution >= 4 is 17.7 Å². The van der Waals surface area contributed by atoms with E-state index >= 15 is 0 Å². The molecule has 116 valence electrons. The lowest BCUT2D eigenvalue weighted by Crippen LogP contribution is -2.57. The lowest BCUT2D eigenvalue weighted by molar-refractivity contribution is -0.170. The van der Waals surface area contributed by atoms with Gasteiger partial charge in [0, 0.05) is 12.0 Å². The number of likely N-dealkylation sites (tertiary alicyclic amines) is 1. The van der Waals surface area contributed by atoms with Gasteiger partial charge in [-0.25, -0.2) is 4.84 Å². The molecule has 1 heterocycles. The van der Waals surface area contributed by atoms with Crippen LogP contribution in [0.2, 0.25) is 0 Å². The van der Waals surface area contributed by atoms with E-state index in [0.29, 0.717) is 6.42 Å². The summed E-state index contributed by atoms with van der Waals surface area (Å²) in [5, 5.41) is 0. The zero-order valence-corrected chi connectivity index (χ0v) is 12.2. The van der Waals surface area contributed by atoms with Gasteiger partial charge in [-0.05, 0) is 30.7 Å². The van der Waals surface area contributed by atoms with Crippen molar-refractivity contribution in [3.05, 3.63) is 35.9 Å². The van der Waals surface area contributed by atoms with Crippen LogP contribution in [0.25, 0.3) is 0 Å². The van der Waals surface area contributed by atoms with Gasteiger partial charge in [0.15, 0.2) is 0 Å². The van der Waals surface area contributed by atoms with Gasteiger partial charge < -0.3 is 4.90 Å². The van der Waals surface area contributed by atoms with E-state index in [1.807, 2.05) is 30.3 Å². The lowest BCUT2D eigenvalue weighted by atomic mass is 9.82. The Balaban J connectivity index is 2.29. The molecular weight excluding hydrogens is 305 g/mol. The SMILES string of the molecule is C[C@@H]1[C@H](c2ccccc2)C[C@H](NCl)C(=O)N1CC(F)(F)F. The first-order valence-corrected chi connectivity index (χ1v) is 6.99. The molecule has 7 heteroatoms. The molecule has 21 heavy (non-hydrogen) atoms. The van der Waals surface area contributed by atoms with Gasteiger partial charge in [-0.15, -0.1) is 0 Å². The van der Waals surface area contributed by atoms with Gasteiger partial charge in [0.05, 0.1) is 0 Å². The van der Waals surface area contributed by atoms with Crippen molar-refractivity contribution in [2.24, 2.45) is 0 Å². The van der Waals surface area contributed by atoms with Crippen LogP contribution in [0.15, 0.2) is 30.3 Å². The van der Waals surface area contributed by atoms with Crippen molar-refractivity contribution < 1.29 is 18.0 Å². The summed E-state index contributed by atoms with van der Waals surface area (Å²) in [6, 6.07) is 7.86. The molecule has 0 unspecified atom stereocenters. The molecule has 0 spiro atoms. The minimum Gasteiger partial charge on any atom is -0.329 e. The highest BCUT2D eigenvalue weighted by atomic mass is 35.5. The van der Waals surface area contributed by atoms with Crippen molar-refractivity contribution in [2.45, 2.75) is 37.5 Å². The van der Waals surface area contributed by atoms with Gasteiger partial charge in [0.2, 0.25) is 5.91 Å². The standard InChI is InChI=1S/C14H16ClF3N2O/c1-9-11(10-5-3-2-4-6-10)7-12(19-15)13(21)20(9)8-14(16,17)18/h2-6,9,11-12,19H,7-8H2,1H3/t9-,11-,12+/m1/s1. The van der Waals surface area contributed by atoms with Gasteiger partial charge in [-0.3, -0.25) is 4.79 Å². The fourth-order valence-corrected chi connectivity index (χ4v) is 2.97. The minimum atomic E-state index is -4.43. The van der Waals surface area contributed by atoms with Crippen molar-refractivity contribution in [3.8, 4) is 0 Å². The average molecular weight is 321 g/mol. The Labute approximate surface area is 126 Å². The van der Waals surface area contributed by atoms with Crippen molar-refractivity contribution in [2.75, 3.05) is 6.54 Å². The molecule has 0 radical (unpaired) electrons. The zero-order valence-electron chi connectivity index (χ0n) is 11.4. The first-order chi connectivity index (χ1) is 9.83. The molecule has 1 saturated heterocycles. The zero-order chi connectivity index (χ0) is 15.6. The smallest absolute Gasteiger partial charge is 0.329 e. The maximum absolute atomic E-state index is 12.7. The Morgan fingerprint density at radius 3 is 2.48 bits per heavy atom. The van der Waals surface area contributed by atoms with Gasteiger partial charge in [-0.2, -0.15) is 13.2 Å². The highest BCUT2D eigenvalue weighted by Gasteiger charge is 2.44. The predicted molar refractivity (Wildman–Crippen MR) is 73.8 cm³/mol. The molecule has 3 nitrogen and oxygen atoms in total. The van der Waals surface area contributed by atoms with Crippen LogP contribution in [0, 0.1) is 0 Å². The Bertz CT molecular complexity index is 495. The molecule has 3 atom stereocenters. The van der Waals surface area contributed by atoms with E-state index in [2.05, 4.69) is 4.84 Å². The molecule has 1 N–H and O–H groups in total. The Kier molecular flexibility index (Phi) is 4.78. The van der Waals surface area contributed by atoms with Crippen molar-refractivity contribution in [3.63, 3.8) is 0 Å². The first-order valence-electron chi connectivity index (χ1n) is 6.62. The Hall–Kier alpha value is -1.27. The van der Waals surface area contributed by atoms with Gasteiger partial charge in [-0.1, -0.05) is 30.3 Å². The van der Waals surface area contributed by atoms with Crippen molar-refractivity contribution in [1.29, 1.82) is 0 Å². The molecule has 0 aromatic heterocycles. The second-order valence-electron chi connectivity index (χ2n) is 5.24. The van der Waals surface area contributed by atoms with Crippen LogP contribution < -0.4 is 4.84 Å². The molecule has 1 aliphatic rings.